The lowest BCUT2D eigenvalue weighted by atomic mass is 10.3. The molecule has 1 fully saturated rings. The number of carbonyl (C=O) groups is 2. The topological polar surface area (TPSA) is 37.4 Å². The van der Waals surface area contributed by atoms with E-state index in [2.05, 4.69) is 15.9 Å². The summed E-state index contributed by atoms with van der Waals surface area (Å²) in [4.78, 5) is 23.7. The molecule has 0 aliphatic carbocycles. The van der Waals surface area contributed by atoms with Gasteiger partial charge in [-0.05, 0) is 34.1 Å². The van der Waals surface area contributed by atoms with Crippen molar-refractivity contribution in [1.29, 1.82) is 0 Å². The summed E-state index contributed by atoms with van der Waals surface area (Å²) in [6, 6.07) is 4.18. The van der Waals surface area contributed by atoms with Gasteiger partial charge in [0.15, 0.2) is 0 Å². The molecular weight excluding hydrogens is 265 g/mol. The van der Waals surface area contributed by atoms with Crippen LogP contribution in [0.15, 0.2) is 22.7 Å². The number of anilines is 1. The van der Waals surface area contributed by atoms with Crippen molar-refractivity contribution in [2.24, 2.45) is 0 Å². The molecule has 3 nitrogen and oxygen atoms in total. The summed E-state index contributed by atoms with van der Waals surface area (Å²) in [5, 5.41) is 0. The second-order valence-corrected chi connectivity index (χ2v) is 4.08. The standard InChI is InChI=1S/C10H7BrFNO2/c11-7-2-1-6(5-8(7)12)13-9(14)3-4-10(13)15/h1-2,5H,3-4H2. The molecule has 78 valence electrons. The van der Waals surface area contributed by atoms with Gasteiger partial charge in [0.2, 0.25) is 11.8 Å². The van der Waals surface area contributed by atoms with Crippen LogP contribution < -0.4 is 4.90 Å². The zero-order chi connectivity index (χ0) is 11.0. The summed E-state index contributed by atoms with van der Waals surface area (Å²) in [5.74, 6) is -1.04. The first-order chi connectivity index (χ1) is 7.09. The van der Waals surface area contributed by atoms with Crippen LogP contribution in [0.5, 0.6) is 0 Å². The Bertz CT molecular complexity index is 431. The number of amides is 2. The Morgan fingerprint density at radius 1 is 1.20 bits per heavy atom. The number of halogens is 2. The number of benzene rings is 1. The average molecular weight is 272 g/mol. The van der Waals surface area contributed by atoms with Crippen LogP contribution in [0.25, 0.3) is 0 Å². The van der Waals surface area contributed by atoms with E-state index in [0.717, 1.165) is 4.90 Å². The summed E-state index contributed by atoms with van der Waals surface area (Å²) in [5.41, 5.74) is 0.295. The molecule has 15 heavy (non-hydrogen) atoms. The van der Waals surface area contributed by atoms with Crippen LogP contribution in [0.4, 0.5) is 10.1 Å². The van der Waals surface area contributed by atoms with E-state index in [1.165, 1.54) is 18.2 Å². The normalized spacial score (nSPS) is 16.3. The van der Waals surface area contributed by atoms with Gasteiger partial charge in [0.05, 0.1) is 10.2 Å². The fraction of sp³-hybridized carbons (Fsp3) is 0.200. The Labute approximate surface area is 94.0 Å². The Morgan fingerprint density at radius 3 is 2.33 bits per heavy atom. The third-order valence-electron chi connectivity index (χ3n) is 2.21. The highest BCUT2D eigenvalue weighted by Crippen LogP contribution is 2.26. The van der Waals surface area contributed by atoms with Gasteiger partial charge in [0, 0.05) is 12.8 Å². The van der Waals surface area contributed by atoms with Gasteiger partial charge in [-0.15, -0.1) is 0 Å². The van der Waals surface area contributed by atoms with Crippen molar-refractivity contribution in [2.75, 3.05) is 4.90 Å². The fourth-order valence-corrected chi connectivity index (χ4v) is 1.74. The maximum absolute atomic E-state index is 13.2. The molecule has 5 heteroatoms. The van der Waals surface area contributed by atoms with Crippen LogP contribution in [-0.2, 0) is 9.59 Å². The molecule has 2 amide bonds. The Kier molecular flexibility index (Phi) is 2.56. The highest BCUT2D eigenvalue weighted by Gasteiger charge is 2.30. The second kappa shape index (κ2) is 3.73. The molecule has 1 aliphatic rings. The van der Waals surface area contributed by atoms with E-state index >= 15 is 0 Å². The van der Waals surface area contributed by atoms with E-state index in [4.69, 9.17) is 0 Å². The molecule has 0 bridgehead atoms. The number of hydrogen-bond acceptors (Lipinski definition) is 2. The lowest BCUT2D eigenvalue weighted by Gasteiger charge is -2.13. The van der Waals surface area contributed by atoms with Crippen molar-refractivity contribution in [3.8, 4) is 0 Å². The van der Waals surface area contributed by atoms with Gasteiger partial charge < -0.3 is 0 Å². The first-order valence-electron chi connectivity index (χ1n) is 4.40. The molecule has 0 N–H and O–H groups in total. The van der Waals surface area contributed by atoms with E-state index in [9.17, 15) is 14.0 Å². The SMILES string of the molecule is O=C1CCC(=O)N1c1ccc(Br)c(F)c1. The lowest BCUT2D eigenvalue weighted by molar-refractivity contribution is -0.121. The molecule has 0 radical (unpaired) electrons. The largest absolute Gasteiger partial charge is 0.274 e. The summed E-state index contributed by atoms with van der Waals surface area (Å²) in [6.45, 7) is 0. The maximum Gasteiger partial charge on any atom is 0.234 e. The summed E-state index contributed by atoms with van der Waals surface area (Å²) >= 11 is 3.00. The molecule has 0 aromatic heterocycles. The summed E-state index contributed by atoms with van der Waals surface area (Å²) in [7, 11) is 0. The van der Waals surface area contributed by atoms with Crippen LogP contribution in [0.1, 0.15) is 12.8 Å². The van der Waals surface area contributed by atoms with Crippen LogP contribution >= 0.6 is 15.9 Å². The number of rotatable bonds is 1. The van der Waals surface area contributed by atoms with Crippen LogP contribution in [0, 0.1) is 5.82 Å². The molecule has 1 aromatic rings. The number of carbonyl (C=O) groups excluding carboxylic acids is 2. The van der Waals surface area contributed by atoms with Crippen molar-refractivity contribution < 1.29 is 14.0 Å². The van der Waals surface area contributed by atoms with Gasteiger partial charge in [-0.1, -0.05) is 0 Å². The minimum atomic E-state index is -0.486. The molecule has 1 aromatic carbocycles. The first-order valence-corrected chi connectivity index (χ1v) is 5.20. The number of imide groups is 1. The molecule has 0 spiro atoms. The Morgan fingerprint density at radius 2 is 1.80 bits per heavy atom. The van der Waals surface area contributed by atoms with Crippen LogP contribution in [-0.4, -0.2) is 11.8 Å². The zero-order valence-corrected chi connectivity index (χ0v) is 9.25. The number of nitrogens with zero attached hydrogens (tertiary/aromatic N) is 1. The van der Waals surface area contributed by atoms with Crippen molar-refractivity contribution in [1.82, 2.24) is 0 Å². The molecule has 1 heterocycles. The quantitative estimate of drug-likeness (QED) is 0.735. The Hall–Kier alpha value is -1.23. The van der Waals surface area contributed by atoms with E-state index in [1.54, 1.807) is 0 Å². The van der Waals surface area contributed by atoms with Gasteiger partial charge in [0.1, 0.15) is 5.82 Å². The maximum atomic E-state index is 13.2. The zero-order valence-electron chi connectivity index (χ0n) is 7.67. The highest BCUT2D eigenvalue weighted by atomic mass is 79.9. The van der Waals surface area contributed by atoms with E-state index in [-0.39, 0.29) is 24.7 Å². The third kappa shape index (κ3) is 1.79. The molecule has 0 saturated carbocycles. The van der Waals surface area contributed by atoms with Crippen molar-refractivity contribution in [3.05, 3.63) is 28.5 Å². The first kappa shape index (κ1) is 10.3. The minimum absolute atomic E-state index is 0.205. The predicted octanol–water partition coefficient (Wildman–Crippen LogP) is 2.24. The highest BCUT2D eigenvalue weighted by molar-refractivity contribution is 9.10. The van der Waals surface area contributed by atoms with Crippen molar-refractivity contribution in [2.45, 2.75) is 12.8 Å². The molecule has 1 saturated heterocycles. The van der Waals surface area contributed by atoms with E-state index in [1.807, 2.05) is 0 Å². The monoisotopic (exact) mass is 271 g/mol. The van der Waals surface area contributed by atoms with Crippen LogP contribution in [0.3, 0.4) is 0 Å². The van der Waals surface area contributed by atoms with Crippen LogP contribution in [0.2, 0.25) is 0 Å². The van der Waals surface area contributed by atoms with Gasteiger partial charge in [-0.25, -0.2) is 4.39 Å². The molecule has 2 rings (SSSR count). The fourth-order valence-electron chi connectivity index (χ4n) is 1.49. The smallest absolute Gasteiger partial charge is 0.234 e. The van der Waals surface area contributed by atoms with Crippen molar-refractivity contribution in [3.63, 3.8) is 0 Å². The molecule has 1 aliphatic heterocycles. The third-order valence-corrected chi connectivity index (χ3v) is 2.86. The van der Waals surface area contributed by atoms with E-state index in [0.29, 0.717) is 10.2 Å². The molecular formula is C10H7BrFNO2. The predicted molar refractivity (Wildman–Crippen MR) is 55.8 cm³/mol. The summed E-state index contributed by atoms with van der Waals surface area (Å²) in [6.07, 6.45) is 0.410. The average Bonchev–Trinajstić information content (AvgIpc) is 2.52. The van der Waals surface area contributed by atoms with Gasteiger partial charge in [-0.3, -0.25) is 14.5 Å². The van der Waals surface area contributed by atoms with Gasteiger partial charge >= 0.3 is 0 Å². The number of hydrogen-bond donors (Lipinski definition) is 0. The lowest BCUT2D eigenvalue weighted by Crippen LogP contribution is -2.28. The minimum Gasteiger partial charge on any atom is -0.274 e. The van der Waals surface area contributed by atoms with Gasteiger partial charge in [0.25, 0.3) is 0 Å². The molecule has 0 atom stereocenters. The summed E-state index contributed by atoms with van der Waals surface area (Å²) < 4.78 is 13.5. The van der Waals surface area contributed by atoms with Crippen molar-refractivity contribution >= 4 is 33.4 Å². The Balaban J connectivity index is 2.41. The second-order valence-electron chi connectivity index (χ2n) is 3.22. The molecule has 0 unspecified atom stereocenters. The van der Waals surface area contributed by atoms with E-state index < -0.39 is 5.82 Å². The van der Waals surface area contributed by atoms with Gasteiger partial charge in [-0.2, -0.15) is 0 Å².